The molecule has 0 radical (unpaired) electrons. The lowest BCUT2D eigenvalue weighted by Gasteiger charge is -2.39. The maximum Gasteiger partial charge on any atom is 0.410 e. The second-order valence-corrected chi connectivity index (χ2v) is 6.29. The Morgan fingerprint density at radius 1 is 1.41 bits per heavy atom. The Hall–Kier alpha value is -0.770. The molecule has 1 rings (SSSR count). The summed E-state index contributed by atoms with van der Waals surface area (Å²) in [6, 6.07) is 0.202. The van der Waals surface area contributed by atoms with Crippen LogP contribution < -0.4 is 5.73 Å². The SMILES string of the molecule is CC(C)C1CN(C(=O)OC(C)(C)C)CCC1N. The van der Waals surface area contributed by atoms with Crippen molar-refractivity contribution in [1.29, 1.82) is 0 Å². The van der Waals surface area contributed by atoms with Gasteiger partial charge in [0.2, 0.25) is 0 Å². The number of carbonyl (C=O) groups is 1. The summed E-state index contributed by atoms with van der Waals surface area (Å²) >= 11 is 0. The molecule has 1 amide bonds. The van der Waals surface area contributed by atoms with Crippen molar-refractivity contribution in [2.24, 2.45) is 17.6 Å². The number of piperidine rings is 1. The Morgan fingerprint density at radius 3 is 2.47 bits per heavy atom. The van der Waals surface area contributed by atoms with Crippen LogP contribution in [0.5, 0.6) is 0 Å². The number of nitrogens with zero attached hydrogens (tertiary/aromatic N) is 1. The van der Waals surface area contributed by atoms with Crippen LogP contribution in [0.1, 0.15) is 41.0 Å². The fraction of sp³-hybridized carbons (Fsp3) is 0.923. The van der Waals surface area contributed by atoms with Crippen molar-refractivity contribution in [1.82, 2.24) is 4.90 Å². The molecule has 1 aliphatic rings. The zero-order valence-electron chi connectivity index (χ0n) is 11.7. The molecule has 0 aromatic carbocycles. The standard InChI is InChI=1S/C13H26N2O2/c1-9(2)10-8-15(7-6-11(10)14)12(16)17-13(3,4)5/h9-11H,6-8,14H2,1-5H3. The second kappa shape index (κ2) is 5.25. The Morgan fingerprint density at radius 2 is 2.00 bits per heavy atom. The molecule has 0 spiro atoms. The highest BCUT2D eigenvalue weighted by atomic mass is 16.6. The first-order valence-electron chi connectivity index (χ1n) is 6.44. The van der Waals surface area contributed by atoms with E-state index < -0.39 is 5.60 Å². The van der Waals surface area contributed by atoms with E-state index in [-0.39, 0.29) is 12.1 Å². The van der Waals surface area contributed by atoms with Gasteiger partial charge in [-0.15, -0.1) is 0 Å². The van der Waals surface area contributed by atoms with E-state index >= 15 is 0 Å². The average Bonchev–Trinajstić information content (AvgIpc) is 2.14. The van der Waals surface area contributed by atoms with E-state index in [9.17, 15) is 4.79 Å². The van der Waals surface area contributed by atoms with Gasteiger partial charge in [-0.3, -0.25) is 0 Å². The van der Waals surface area contributed by atoms with E-state index in [1.54, 1.807) is 4.90 Å². The minimum absolute atomic E-state index is 0.202. The minimum Gasteiger partial charge on any atom is -0.444 e. The van der Waals surface area contributed by atoms with Crippen molar-refractivity contribution in [2.75, 3.05) is 13.1 Å². The topological polar surface area (TPSA) is 55.6 Å². The molecule has 2 atom stereocenters. The van der Waals surface area contributed by atoms with E-state index in [4.69, 9.17) is 10.5 Å². The van der Waals surface area contributed by atoms with Gasteiger partial charge in [0.1, 0.15) is 5.60 Å². The van der Waals surface area contributed by atoms with Crippen LogP contribution in [0.4, 0.5) is 4.79 Å². The first kappa shape index (κ1) is 14.3. The molecule has 2 N–H and O–H groups in total. The Balaban J connectivity index is 2.59. The van der Waals surface area contributed by atoms with Crippen LogP contribution in [-0.2, 0) is 4.74 Å². The number of hydrogen-bond donors (Lipinski definition) is 1. The molecule has 0 saturated carbocycles. The largest absolute Gasteiger partial charge is 0.444 e. The lowest BCUT2D eigenvalue weighted by atomic mass is 9.84. The number of carbonyl (C=O) groups excluding carboxylic acids is 1. The summed E-state index contributed by atoms with van der Waals surface area (Å²) in [7, 11) is 0. The van der Waals surface area contributed by atoms with Gasteiger partial charge in [0.25, 0.3) is 0 Å². The van der Waals surface area contributed by atoms with Crippen LogP contribution in [0.15, 0.2) is 0 Å². The second-order valence-electron chi connectivity index (χ2n) is 6.29. The van der Waals surface area contributed by atoms with E-state index in [0.29, 0.717) is 24.9 Å². The Kier molecular flexibility index (Phi) is 4.42. The monoisotopic (exact) mass is 242 g/mol. The summed E-state index contributed by atoms with van der Waals surface area (Å²) in [5, 5.41) is 0. The molecule has 100 valence electrons. The van der Waals surface area contributed by atoms with Gasteiger partial charge in [0.15, 0.2) is 0 Å². The van der Waals surface area contributed by atoms with Crippen LogP contribution in [0, 0.1) is 11.8 Å². The highest BCUT2D eigenvalue weighted by molar-refractivity contribution is 5.68. The lowest BCUT2D eigenvalue weighted by Crippen LogP contribution is -2.51. The van der Waals surface area contributed by atoms with Crippen molar-refractivity contribution in [2.45, 2.75) is 52.7 Å². The third-order valence-corrected chi connectivity index (χ3v) is 3.22. The third-order valence-electron chi connectivity index (χ3n) is 3.22. The predicted octanol–water partition coefficient (Wildman–Crippen LogP) is 2.23. The van der Waals surface area contributed by atoms with Gasteiger partial charge < -0.3 is 15.4 Å². The number of nitrogens with two attached hydrogens (primary N) is 1. The zero-order chi connectivity index (χ0) is 13.2. The maximum absolute atomic E-state index is 12.0. The molecule has 1 heterocycles. The molecular weight excluding hydrogens is 216 g/mol. The third kappa shape index (κ3) is 4.19. The summed E-state index contributed by atoms with van der Waals surface area (Å²) in [5.74, 6) is 0.867. The quantitative estimate of drug-likeness (QED) is 0.767. The van der Waals surface area contributed by atoms with Crippen molar-refractivity contribution >= 4 is 6.09 Å². The van der Waals surface area contributed by atoms with Crippen molar-refractivity contribution in [3.05, 3.63) is 0 Å². The number of amides is 1. The molecule has 4 heteroatoms. The minimum atomic E-state index is -0.427. The van der Waals surface area contributed by atoms with E-state index in [2.05, 4.69) is 13.8 Å². The van der Waals surface area contributed by atoms with Crippen molar-refractivity contribution in [3.8, 4) is 0 Å². The molecular formula is C13H26N2O2. The molecule has 1 aliphatic heterocycles. The van der Waals surface area contributed by atoms with Gasteiger partial charge in [0.05, 0.1) is 0 Å². The highest BCUT2D eigenvalue weighted by Gasteiger charge is 2.33. The summed E-state index contributed by atoms with van der Waals surface area (Å²) < 4.78 is 5.39. The van der Waals surface area contributed by atoms with E-state index in [0.717, 1.165) is 6.42 Å². The van der Waals surface area contributed by atoms with Crippen molar-refractivity contribution < 1.29 is 9.53 Å². The zero-order valence-corrected chi connectivity index (χ0v) is 11.7. The van der Waals surface area contributed by atoms with Crippen LogP contribution in [0.2, 0.25) is 0 Å². The lowest BCUT2D eigenvalue weighted by molar-refractivity contribution is 0.0117. The van der Waals surface area contributed by atoms with Gasteiger partial charge in [-0.2, -0.15) is 0 Å². The summed E-state index contributed by atoms with van der Waals surface area (Å²) in [4.78, 5) is 13.7. The van der Waals surface area contributed by atoms with Gasteiger partial charge >= 0.3 is 6.09 Å². The van der Waals surface area contributed by atoms with E-state index in [1.165, 1.54) is 0 Å². The predicted molar refractivity (Wildman–Crippen MR) is 68.7 cm³/mol. The molecule has 0 aromatic heterocycles. The van der Waals surface area contributed by atoms with Crippen LogP contribution in [-0.4, -0.2) is 35.7 Å². The maximum atomic E-state index is 12.0. The van der Waals surface area contributed by atoms with Gasteiger partial charge in [-0.25, -0.2) is 4.79 Å². The average molecular weight is 242 g/mol. The van der Waals surface area contributed by atoms with Gasteiger partial charge in [-0.05, 0) is 39.0 Å². The Bertz CT molecular complexity index is 271. The van der Waals surface area contributed by atoms with Crippen LogP contribution >= 0.6 is 0 Å². The smallest absolute Gasteiger partial charge is 0.410 e. The molecule has 0 aromatic rings. The molecule has 0 bridgehead atoms. The fourth-order valence-corrected chi connectivity index (χ4v) is 2.20. The summed E-state index contributed by atoms with van der Waals surface area (Å²) in [6.07, 6.45) is 0.650. The number of ether oxygens (including phenoxy) is 1. The number of likely N-dealkylation sites (tertiary alicyclic amines) is 1. The van der Waals surface area contributed by atoms with Gasteiger partial charge in [-0.1, -0.05) is 13.8 Å². The number of hydrogen-bond acceptors (Lipinski definition) is 3. The fourth-order valence-electron chi connectivity index (χ4n) is 2.20. The van der Waals surface area contributed by atoms with Crippen molar-refractivity contribution in [3.63, 3.8) is 0 Å². The molecule has 17 heavy (non-hydrogen) atoms. The first-order chi connectivity index (χ1) is 7.70. The molecule has 2 unspecified atom stereocenters. The molecule has 1 fully saturated rings. The molecule has 4 nitrogen and oxygen atoms in total. The van der Waals surface area contributed by atoms with Crippen LogP contribution in [0.25, 0.3) is 0 Å². The van der Waals surface area contributed by atoms with Crippen LogP contribution in [0.3, 0.4) is 0 Å². The number of rotatable bonds is 1. The highest BCUT2D eigenvalue weighted by Crippen LogP contribution is 2.24. The Labute approximate surface area is 104 Å². The summed E-state index contributed by atoms with van der Waals surface area (Å²) in [5.41, 5.74) is 5.66. The van der Waals surface area contributed by atoms with Gasteiger partial charge in [0, 0.05) is 19.1 Å². The molecule has 0 aliphatic carbocycles. The normalized spacial score (nSPS) is 26.2. The first-order valence-corrected chi connectivity index (χ1v) is 6.44. The molecule has 1 saturated heterocycles. The van der Waals surface area contributed by atoms with E-state index in [1.807, 2.05) is 20.8 Å². The summed E-state index contributed by atoms with van der Waals surface area (Å²) in [6.45, 7) is 11.4.